The van der Waals surface area contributed by atoms with Gasteiger partial charge in [0, 0.05) is 18.2 Å². The molecule has 2 rings (SSSR count). The van der Waals surface area contributed by atoms with E-state index in [4.69, 9.17) is 11.6 Å². The van der Waals surface area contributed by atoms with E-state index in [0.717, 1.165) is 31.7 Å². The molecule has 1 aliphatic rings. The van der Waals surface area contributed by atoms with Crippen LogP contribution in [0.4, 0.5) is 5.69 Å². The number of nitro benzene ring substituents is 1. The third-order valence-electron chi connectivity index (χ3n) is 3.86. The molecule has 0 bridgehead atoms. The minimum Gasteiger partial charge on any atom is -0.258 e. The maximum atomic E-state index is 12.4. The number of hydrogen-bond donors (Lipinski definition) is 1. The van der Waals surface area contributed by atoms with Gasteiger partial charge < -0.3 is 0 Å². The Morgan fingerprint density at radius 2 is 2.00 bits per heavy atom. The number of nitrogens with zero attached hydrogens (tertiary/aromatic N) is 1. The van der Waals surface area contributed by atoms with E-state index in [1.54, 1.807) is 0 Å². The Hall–Kier alpha value is -1.18. The molecule has 0 saturated heterocycles. The van der Waals surface area contributed by atoms with Crippen molar-refractivity contribution in [3.05, 3.63) is 33.3 Å². The highest BCUT2D eigenvalue weighted by molar-refractivity contribution is 7.89. The summed E-state index contributed by atoms with van der Waals surface area (Å²) in [6.07, 6.45) is 4.20. The van der Waals surface area contributed by atoms with Crippen LogP contribution in [0.2, 0.25) is 5.02 Å². The number of nitro groups is 1. The average Bonchev–Trinajstić information content (AvgIpc) is 2.92. The first-order valence-corrected chi connectivity index (χ1v) is 8.63. The van der Waals surface area contributed by atoms with Gasteiger partial charge in [-0.05, 0) is 31.7 Å². The van der Waals surface area contributed by atoms with E-state index >= 15 is 0 Å². The molecule has 21 heavy (non-hydrogen) atoms. The monoisotopic (exact) mass is 332 g/mol. The van der Waals surface area contributed by atoms with Crippen LogP contribution in [-0.4, -0.2) is 19.4 Å². The molecular formula is C13H17ClN2O4S. The van der Waals surface area contributed by atoms with Crippen molar-refractivity contribution >= 4 is 27.3 Å². The maximum absolute atomic E-state index is 12.4. The van der Waals surface area contributed by atoms with E-state index in [2.05, 4.69) is 4.72 Å². The van der Waals surface area contributed by atoms with Crippen molar-refractivity contribution in [3.63, 3.8) is 0 Å². The van der Waals surface area contributed by atoms with Gasteiger partial charge in [0.05, 0.1) is 9.95 Å². The Balaban J connectivity index is 2.26. The van der Waals surface area contributed by atoms with Crippen LogP contribution in [0.1, 0.15) is 32.6 Å². The fraction of sp³-hybridized carbons (Fsp3) is 0.538. The van der Waals surface area contributed by atoms with Gasteiger partial charge in [0.2, 0.25) is 10.0 Å². The Morgan fingerprint density at radius 1 is 1.38 bits per heavy atom. The van der Waals surface area contributed by atoms with Gasteiger partial charge in [-0.2, -0.15) is 0 Å². The SMILES string of the molecule is CC(NS(=O)(=O)c1cc([N+](=O)[O-])ccc1Cl)C1CCCC1. The van der Waals surface area contributed by atoms with Gasteiger partial charge in [-0.25, -0.2) is 13.1 Å². The molecule has 0 amide bonds. The van der Waals surface area contributed by atoms with E-state index in [9.17, 15) is 18.5 Å². The fourth-order valence-corrected chi connectivity index (χ4v) is 4.51. The molecule has 1 aromatic carbocycles. The van der Waals surface area contributed by atoms with Crippen LogP contribution < -0.4 is 4.72 Å². The van der Waals surface area contributed by atoms with E-state index in [-0.39, 0.29) is 21.6 Å². The summed E-state index contributed by atoms with van der Waals surface area (Å²) < 4.78 is 27.3. The molecule has 116 valence electrons. The standard InChI is InChI=1S/C13H17ClN2O4S/c1-9(10-4-2-3-5-10)15-21(19,20)13-8-11(16(17)18)6-7-12(13)14/h6-10,15H,2-5H2,1H3. The van der Waals surface area contributed by atoms with Crippen molar-refractivity contribution < 1.29 is 13.3 Å². The van der Waals surface area contributed by atoms with E-state index in [0.29, 0.717) is 5.92 Å². The van der Waals surface area contributed by atoms with Gasteiger partial charge in [0.15, 0.2) is 0 Å². The second-order valence-electron chi connectivity index (χ2n) is 5.33. The molecule has 1 N–H and O–H groups in total. The van der Waals surface area contributed by atoms with E-state index in [1.807, 2.05) is 6.92 Å². The van der Waals surface area contributed by atoms with Crippen LogP contribution in [0.3, 0.4) is 0 Å². The molecule has 1 fully saturated rings. The van der Waals surface area contributed by atoms with Crippen molar-refractivity contribution in [1.82, 2.24) is 4.72 Å². The predicted molar refractivity (Wildman–Crippen MR) is 79.8 cm³/mol. The summed E-state index contributed by atoms with van der Waals surface area (Å²) in [5, 5.41) is 10.7. The van der Waals surface area contributed by atoms with Crippen LogP contribution in [0.5, 0.6) is 0 Å². The minimum atomic E-state index is -3.87. The lowest BCUT2D eigenvalue weighted by Gasteiger charge is -2.20. The zero-order valence-corrected chi connectivity index (χ0v) is 13.2. The second-order valence-corrected chi connectivity index (χ2v) is 7.42. The van der Waals surface area contributed by atoms with Crippen molar-refractivity contribution in [3.8, 4) is 0 Å². The van der Waals surface area contributed by atoms with Crippen molar-refractivity contribution in [2.45, 2.75) is 43.5 Å². The molecule has 0 spiro atoms. The lowest BCUT2D eigenvalue weighted by atomic mass is 10.0. The number of rotatable bonds is 5. The van der Waals surface area contributed by atoms with Crippen LogP contribution in [-0.2, 0) is 10.0 Å². The summed E-state index contributed by atoms with van der Waals surface area (Å²) in [5.74, 6) is 0.303. The molecule has 1 unspecified atom stereocenters. The normalized spacial score (nSPS) is 17.8. The van der Waals surface area contributed by atoms with Crippen LogP contribution >= 0.6 is 11.6 Å². The van der Waals surface area contributed by atoms with Gasteiger partial charge >= 0.3 is 0 Å². The summed E-state index contributed by atoms with van der Waals surface area (Å²) in [7, 11) is -3.87. The largest absolute Gasteiger partial charge is 0.270 e. The summed E-state index contributed by atoms with van der Waals surface area (Å²) in [5.41, 5.74) is -0.298. The molecule has 0 radical (unpaired) electrons. The summed E-state index contributed by atoms with van der Waals surface area (Å²) in [4.78, 5) is 9.88. The number of benzene rings is 1. The van der Waals surface area contributed by atoms with Crippen LogP contribution in [0, 0.1) is 16.0 Å². The Bertz CT molecular complexity index is 642. The first kappa shape index (κ1) is 16.2. The molecule has 0 aliphatic heterocycles. The zero-order chi connectivity index (χ0) is 15.6. The Kier molecular flexibility index (Phi) is 4.85. The fourth-order valence-electron chi connectivity index (χ4n) is 2.67. The van der Waals surface area contributed by atoms with Crippen LogP contribution in [0.15, 0.2) is 23.1 Å². The highest BCUT2D eigenvalue weighted by atomic mass is 35.5. The van der Waals surface area contributed by atoms with Gasteiger partial charge in [-0.15, -0.1) is 0 Å². The highest BCUT2D eigenvalue weighted by Gasteiger charge is 2.28. The number of nitrogens with one attached hydrogen (secondary N) is 1. The van der Waals surface area contributed by atoms with Gasteiger partial charge in [-0.1, -0.05) is 24.4 Å². The van der Waals surface area contributed by atoms with Gasteiger partial charge in [-0.3, -0.25) is 10.1 Å². The summed E-state index contributed by atoms with van der Waals surface area (Å²) >= 11 is 5.89. The molecular weight excluding hydrogens is 316 g/mol. The third-order valence-corrected chi connectivity index (χ3v) is 5.90. The molecule has 6 nitrogen and oxygen atoms in total. The topological polar surface area (TPSA) is 89.3 Å². The lowest BCUT2D eigenvalue weighted by molar-refractivity contribution is -0.385. The number of sulfonamides is 1. The van der Waals surface area contributed by atoms with E-state index < -0.39 is 14.9 Å². The molecule has 1 atom stereocenters. The summed E-state index contributed by atoms with van der Waals surface area (Å²) in [6.45, 7) is 1.82. The van der Waals surface area contributed by atoms with Crippen molar-refractivity contribution in [2.75, 3.05) is 0 Å². The number of non-ortho nitro benzene ring substituents is 1. The molecule has 1 aromatic rings. The van der Waals surface area contributed by atoms with E-state index in [1.165, 1.54) is 12.1 Å². The molecule has 8 heteroatoms. The van der Waals surface area contributed by atoms with Gasteiger partial charge in [0.25, 0.3) is 5.69 Å². The number of hydrogen-bond acceptors (Lipinski definition) is 4. The minimum absolute atomic E-state index is 0.0216. The van der Waals surface area contributed by atoms with Gasteiger partial charge in [0.1, 0.15) is 4.90 Å². The predicted octanol–water partition coefficient (Wildman–Crippen LogP) is 3.11. The quantitative estimate of drug-likeness (QED) is 0.662. The third kappa shape index (κ3) is 3.72. The first-order chi connectivity index (χ1) is 9.81. The van der Waals surface area contributed by atoms with Crippen LogP contribution in [0.25, 0.3) is 0 Å². The Labute approximate surface area is 128 Å². The van der Waals surface area contributed by atoms with Crippen molar-refractivity contribution in [2.24, 2.45) is 5.92 Å². The smallest absolute Gasteiger partial charge is 0.258 e. The second kappa shape index (κ2) is 6.29. The lowest BCUT2D eigenvalue weighted by Crippen LogP contribution is -2.37. The number of halogens is 1. The van der Waals surface area contributed by atoms with Crippen molar-refractivity contribution in [1.29, 1.82) is 0 Å². The summed E-state index contributed by atoms with van der Waals surface area (Å²) in [6, 6.07) is 3.19. The first-order valence-electron chi connectivity index (χ1n) is 6.77. The maximum Gasteiger partial charge on any atom is 0.270 e. The molecule has 1 saturated carbocycles. The molecule has 0 aromatic heterocycles. The molecule has 1 aliphatic carbocycles. The zero-order valence-electron chi connectivity index (χ0n) is 11.6. The average molecular weight is 333 g/mol. The molecule has 0 heterocycles. The highest BCUT2D eigenvalue weighted by Crippen LogP contribution is 2.30. The Morgan fingerprint density at radius 3 is 2.57 bits per heavy atom.